The van der Waals surface area contributed by atoms with Gasteiger partial charge in [0.15, 0.2) is 0 Å². The maximum absolute atomic E-state index is 10.2. The molecular weight excluding hydrogens is 258 g/mol. The summed E-state index contributed by atoms with van der Waals surface area (Å²) in [6.07, 6.45) is 5.71. The van der Waals surface area contributed by atoms with Gasteiger partial charge in [0.2, 0.25) is 0 Å². The second kappa shape index (κ2) is 7.42. The van der Waals surface area contributed by atoms with Crippen molar-refractivity contribution < 1.29 is 5.11 Å². The van der Waals surface area contributed by atoms with Gasteiger partial charge in [0.25, 0.3) is 0 Å². The zero-order valence-electron chi connectivity index (χ0n) is 13.8. The van der Waals surface area contributed by atoms with Gasteiger partial charge >= 0.3 is 0 Å². The van der Waals surface area contributed by atoms with E-state index in [0.717, 1.165) is 6.42 Å². The molecule has 1 fully saturated rings. The Morgan fingerprint density at radius 1 is 1.14 bits per heavy atom. The lowest BCUT2D eigenvalue weighted by Crippen LogP contribution is -2.42. The van der Waals surface area contributed by atoms with Crippen molar-refractivity contribution in [1.82, 2.24) is 5.32 Å². The quantitative estimate of drug-likeness (QED) is 0.855. The SMILES string of the molecule is CC(C)(C)CC(O)CNC1CCCCC1c1ccccc1. The lowest BCUT2D eigenvalue weighted by atomic mass is 9.80. The molecule has 1 aromatic carbocycles. The smallest absolute Gasteiger partial charge is 0.0669 e. The summed E-state index contributed by atoms with van der Waals surface area (Å²) in [6, 6.07) is 11.4. The third kappa shape index (κ3) is 5.44. The fourth-order valence-electron chi connectivity index (χ4n) is 3.54. The second-order valence-corrected chi connectivity index (χ2v) is 7.73. The molecule has 0 radical (unpaired) electrons. The molecule has 0 bridgehead atoms. The van der Waals surface area contributed by atoms with Crippen LogP contribution in [0.25, 0.3) is 0 Å². The van der Waals surface area contributed by atoms with Crippen molar-refractivity contribution in [3.05, 3.63) is 35.9 Å². The molecule has 0 aliphatic heterocycles. The van der Waals surface area contributed by atoms with Gasteiger partial charge < -0.3 is 10.4 Å². The van der Waals surface area contributed by atoms with Crippen LogP contribution in [0.4, 0.5) is 0 Å². The first-order chi connectivity index (χ1) is 9.96. The molecule has 118 valence electrons. The fourth-order valence-corrected chi connectivity index (χ4v) is 3.54. The van der Waals surface area contributed by atoms with E-state index < -0.39 is 0 Å². The van der Waals surface area contributed by atoms with E-state index in [1.54, 1.807) is 0 Å². The second-order valence-electron chi connectivity index (χ2n) is 7.73. The Balaban J connectivity index is 1.91. The number of aliphatic hydroxyl groups is 1. The molecule has 1 aliphatic rings. The zero-order chi connectivity index (χ0) is 15.3. The maximum Gasteiger partial charge on any atom is 0.0669 e. The van der Waals surface area contributed by atoms with Crippen molar-refractivity contribution in [2.75, 3.05) is 6.54 Å². The molecule has 2 nitrogen and oxygen atoms in total. The van der Waals surface area contributed by atoms with Gasteiger partial charge in [0.1, 0.15) is 0 Å². The topological polar surface area (TPSA) is 32.3 Å². The highest BCUT2D eigenvalue weighted by Crippen LogP contribution is 2.33. The van der Waals surface area contributed by atoms with Crippen LogP contribution in [-0.4, -0.2) is 23.8 Å². The molecule has 2 heteroatoms. The number of hydrogen-bond donors (Lipinski definition) is 2. The summed E-state index contributed by atoms with van der Waals surface area (Å²) in [4.78, 5) is 0. The molecule has 0 heterocycles. The van der Waals surface area contributed by atoms with Crippen molar-refractivity contribution in [2.45, 2.75) is 70.9 Å². The Hall–Kier alpha value is -0.860. The highest BCUT2D eigenvalue weighted by Gasteiger charge is 2.27. The van der Waals surface area contributed by atoms with Gasteiger partial charge in [-0.1, -0.05) is 63.9 Å². The average Bonchev–Trinajstić information content (AvgIpc) is 2.45. The van der Waals surface area contributed by atoms with Crippen LogP contribution < -0.4 is 5.32 Å². The summed E-state index contributed by atoms with van der Waals surface area (Å²) in [6.45, 7) is 7.27. The van der Waals surface area contributed by atoms with Gasteiger partial charge in [-0.2, -0.15) is 0 Å². The van der Waals surface area contributed by atoms with Crippen molar-refractivity contribution in [1.29, 1.82) is 0 Å². The third-order valence-corrected chi connectivity index (χ3v) is 4.46. The summed E-state index contributed by atoms with van der Waals surface area (Å²) in [7, 11) is 0. The molecule has 0 amide bonds. The molecule has 0 saturated heterocycles. The van der Waals surface area contributed by atoms with Gasteiger partial charge in [-0.05, 0) is 36.2 Å². The standard InChI is InChI=1S/C19H31NO/c1-19(2,3)13-16(21)14-20-18-12-8-7-11-17(18)15-9-5-4-6-10-15/h4-6,9-10,16-18,20-21H,7-8,11-14H2,1-3H3. The van der Waals surface area contributed by atoms with E-state index in [2.05, 4.69) is 56.4 Å². The molecule has 1 saturated carbocycles. The molecule has 3 unspecified atom stereocenters. The predicted octanol–water partition coefficient (Wildman–Crippen LogP) is 4.10. The summed E-state index contributed by atoms with van der Waals surface area (Å²) in [5.74, 6) is 0.599. The highest BCUT2D eigenvalue weighted by molar-refractivity contribution is 5.22. The van der Waals surface area contributed by atoms with Crippen LogP contribution in [0, 0.1) is 5.41 Å². The molecule has 3 atom stereocenters. The van der Waals surface area contributed by atoms with Gasteiger partial charge in [0.05, 0.1) is 6.10 Å². The molecule has 0 spiro atoms. The number of nitrogens with one attached hydrogen (secondary N) is 1. The van der Waals surface area contributed by atoms with Crippen molar-refractivity contribution >= 4 is 0 Å². The number of hydrogen-bond acceptors (Lipinski definition) is 2. The summed E-state index contributed by atoms with van der Waals surface area (Å²) >= 11 is 0. The Kier molecular flexibility index (Phi) is 5.83. The molecule has 0 aromatic heterocycles. The van der Waals surface area contributed by atoms with Crippen LogP contribution in [0.1, 0.15) is 64.4 Å². The van der Waals surface area contributed by atoms with E-state index in [1.165, 1.54) is 31.2 Å². The molecule has 1 aliphatic carbocycles. The summed E-state index contributed by atoms with van der Waals surface area (Å²) in [5.41, 5.74) is 1.63. The van der Waals surface area contributed by atoms with Gasteiger partial charge in [-0.3, -0.25) is 0 Å². The van der Waals surface area contributed by atoms with Crippen LogP contribution in [0.5, 0.6) is 0 Å². The Morgan fingerprint density at radius 3 is 2.48 bits per heavy atom. The Morgan fingerprint density at radius 2 is 1.81 bits per heavy atom. The normalized spacial score (nSPS) is 24.8. The molecule has 2 rings (SSSR count). The highest BCUT2D eigenvalue weighted by atomic mass is 16.3. The monoisotopic (exact) mass is 289 g/mol. The van der Waals surface area contributed by atoms with Gasteiger partial charge in [0, 0.05) is 12.6 Å². The first-order valence-corrected chi connectivity index (χ1v) is 8.42. The van der Waals surface area contributed by atoms with Crippen LogP contribution in [0.2, 0.25) is 0 Å². The molecule has 21 heavy (non-hydrogen) atoms. The van der Waals surface area contributed by atoms with Crippen molar-refractivity contribution in [3.8, 4) is 0 Å². The van der Waals surface area contributed by atoms with E-state index >= 15 is 0 Å². The third-order valence-electron chi connectivity index (χ3n) is 4.46. The average molecular weight is 289 g/mol. The largest absolute Gasteiger partial charge is 0.392 e. The zero-order valence-corrected chi connectivity index (χ0v) is 13.8. The van der Waals surface area contributed by atoms with Gasteiger partial charge in [-0.15, -0.1) is 0 Å². The van der Waals surface area contributed by atoms with E-state index in [-0.39, 0.29) is 11.5 Å². The predicted molar refractivity (Wildman–Crippen MR) is 89.5 cm³/mol. The summed E-state index contributed by atoms with van der Waals surface area (Å²) in [5, 5.41) is 13.9. The van der Waals surface area contributed by atoms with E-state index in [1.807, 2.05) is 0 Å². The number of rotatable bonds is 5. The molecule has 2 N–H and O–H groups in total. The summed E-state index contributed by atoms with van der Waals surface area (Å²) < 4.78 is 0. The van der Waals surface area contributed by atoms with E-state index in [0.29, 0.717) is 18.5 Å². The van der Waals surface area contributed by atoms with Crippen LogP contribution in [-0.2, 0) is 0 Å². The van der Waals surface area contributed by atoms with Gasteiger partial charge in [-0.25, -0.2) is 0 Å². The lowest BCUT2D eigenvalue weighted by molar-refractivity contribution is 0.113. The van der Waals surface area contributed by atoms with Crippen molar-refractivity contribution in [2.24, 2.45) is 5.41 Å². The maximum atomic E-state index is 10.2. The lowest BCUT2D eigenvalue weighted by Gasteiger charge is -2.34. The minimum atomic E-state index is -0.247. The Labute approximate surface area is 130 Å². The molecular formula is C19H31NO. The fraction of sp³-hybridized carbons (Fsp3) is 0.684. The van der Waals surface area contributed by atoms with Crippen LogP contribution >= 0.6 is 0 Å². The first-order valence-electron chi connectivity index (χ1n) is 8.42. The first kappa shape index (κ1) is 16.5. The minimum Gasteiger partial charge on any atom is -0.392 e. The number of aliphatic hydroxyl groups excluding tert-OH is 1. The Bertz CT molecular complexity index is 409. The van der Waals surface area contributed by atoms with E-state index in [4.69, 9.17) is 0 Å². The molecule has 1 aromatic rings. The van der Waals surface area contributed by atoms with Crippen LogP contribution in [0.15, 0.2) is 30.3 Å². The van der Waals surface area contributed by atoms with Crippen LogP contribution in [0.3, 0.4) is 0 Å². The minimum absolute atomic E-state index is 0.187. The number of benzene rings is 1. The van der Waals surface area contributed by atoms with Crippen molar-refractivity contribution in [3.63, 3.8) is 0 Å². The van der Waals surface area contributed by atoms with E-state index in [9.17, 15) is 5.11 Å².